The van der Waals surface area contributed by atoms with Crippen LogP contribution in [-0.2, 0) is 0 Å². The molecule has 0 heterocycles. The quantitative estimate of drug-likeness (QED) is 0.223. The molecule has 0 N–H and O–H groups in total. The third-order valence-electron chi connectivity index (χ3n) is 3.14. The zero-order valence-corrected chi connectivity index (χ0v) is 24.7. The highest BCUT2D eigenvalue weighted by Crippen LogP contribution is 2.44. The molecule has 0 atom stereocenters. The molecule has 0 saturated carbocycles. The largest absolute Gasteiger partial charge is 0.494 e. The first-order valence-electron chi connectivity index (χ1n) is 8.09. The van der Waals surface area contributed by atoms with Gasteiger partial charge in [0.2, 0.25) is 0 Å². The summed E-state index contributed by atoms with van der Waals surface area (Å²) in [6, 6.07) is 7.14. The van der Waals surface area contributed by atoms with Gasteiger partial charge >= 0.3 is 0 Å². The second-order valence-electron chi connectivity index (χ2n) is 5.01. The highest BCUT2D eigenvalue weighted by atomic mass is 79.9. The Kier molecular flexibility index (Phi) is 17.4. The second-order valence-corrected chi connectivity index (χ2v) is 10.8. The normalized spacial score (nSPS) is 10.3. The summed E-state index contributed by atoms with van der Waals surface area (Å²) in [7, 11) is 6.23. The van der Waals surface area contributed by atoms with Crippen molar-refractivity contribution in [3.05, 3.63) is 33.2 Å². The molecule has 0 spiro atoms. The fraction of sp³-hybridized carbons (Fsp3) is 0.333. The van der Waals surface area contributed by atoms with Crippen LogP contribution in [0.25, 0.3) is 0 Å². The molecule has 0 aliphatic heterocycles. The minimum absolute atomic E-state index is 0.468. The van der Waals surface area contributed by atoms with Gasteiger partial charge < -0.3 is 18.9 Å². The molecule has 0 amide bonds. The molecule has 0 bridgehead atoms. The smallest absolute Gasteiger partial charge is 0.180 e. The summed E-state index contributed by atoms with van der Waals surface area (Å²) in [5.74, 6) is 2.11. The fourth-order valence-corrected chi connectivity index (χ4v) is 2.85. The van der Waals surface area contributed by atoms with Crippen LogP contribution < -0.4 is 18.9 Å². The summed E-state index contributed by atoms with van der Waals surface area (Å²) >= 11 is 35.6. The average molecular weight is 699 g/mol. The lowest BCUT2D eigenvalue weighted by Gasteiger charge is -2.11. The van der Waals surface area contributed by atoms with Crippen LogP contribution in [-0.4, -0.2) is 37.0 Å². The predicted molar refractivity (Wildman–Crippen MR) is 141 cm³/mol. The number of azo groups is 1. The van der Waals surface area contributed by atoms with Gasteiger partial charge in [-0.3, -0.25) is 0 Å². The molecular formula is C18H18Br2Cl6N2O4. The highest BCUT2D eigenvalue weighted by Gasteiger charge is 2.15. The van der Waals surface area contributed by atoms with Crippen molar-refractivity contribution in [2.45, 2.75) is 8.59 Å². The van der Waals surface area contributed by atoms with Crippen LogP contribution >= 0.6 is 101 Å². The van der Waals surface area contributed by atoms with Crippen molar-refractivity contribution < 1.29 is 18.9 Å². The van der Waals surface area contributed by atoms with Crippen molar-refractivity contribution in [1.82, 2.24) is 0 Å². The van der Waals surface area contributed by atoms with Crippen molar-refractivity contribution in [1.29, 1.82) is 0 Å². The third-order valence-corrected chi connectivity index (χ3v) is 4.05. The van der Waals surface area contributed by atoms with Crippen LogP contribution in [0.5, 0.6) is 23.0 Å². The first-order chi connectivity index (χ1) is 15.0. The molecule has 0 fully saturated rings. The number of halogens is 8. The van der Waals surface area contributed by atoms with Crippen LogP contribution in [0.3, 0.4) is 0 Å². The van der Waals surface area contributed by atoms with Gasteiger partial charge in [0.05, 0.1) is 28.4 Å². The van der Waals surface area contributed by atoms with E-state index in [0.29, 0.717) is 34.4 Å². The van der Waals surface area contributed by atoms with Gasteiger partial charge in [0, 0.05) is 8.95 Å². The molecule has 14 heteroatoms. The van der Waals surface area contributed by atoms with Crippen LogP contribution in [0.4, 0.5) is 11.4 Å². The van der Waals surface area contributed by atoms with E-state index in [1.54, 1.807) is 52.7 Å². The molecule has 2 rings (SSSR count). The molecule has 2 aromatic carbocycles. The molecule has 2 aromatic rings. The van der Waals surface area contributed by atoms with E-state index in [1.807, 2.05) is 0 Å². The molecule has 6 nitrogen and oxygen atoms in total. The van der Waals surface area contributed by atoms with E-state index < -0.39 is 8.59 Å². The topological polar surface area (TPSA) is 61.6 Å². The van der Waals surface area contributed by atoms with Crippen molar-refractivity contribution in [2.24, 2.45) is 10.2 Å². The maximum Gasteiger partial charge on any atom is 0.180 e. The summed E-state index contributed by atoms with van der Waals surface area (Å²) in [4.78, 5) is 0. The maximum absolute atomic E-state index is 5.36. The average Bonchev–Trinajstić information content (AvgIpc) is 2.71. The predicted octanol–water partition coefficient (Wildman–Crippen LogP) is 9.63. The molecular weight excluding hydrogens is 681 g/mol. The van der Waals surface area contributed by atoms with Crippen molar-refractivity contribution >= 4 is 113 Å². The monoisotopic (exact) mass is 694 g/mol. The molecule has 0 aliphatic carbocycles. The van der Waals surface area contributed by atoms with Crippen molar-refractivity contribution in [3.8, 4) is 23.0 Å². The highest BCUT2D eigenvalue weighted by molar-refractivity contribution is 9.10. The summed E-state index contributed by atoms with van der Waals surface area (Å²) in [5, 5.41) is 8.57. The number of hydrogen-bond acceptors (Lipinski definition) is 6. The summed E-state index contributed by atoms with van der Waals surface area (Å²) in [6.45, 7) is 0. The van der Waals surface area contributed by atoms with Crippen LogP contribution in [0, 0.1) is 0 Å². The zero-order valence-electron chi connectivity index (χ0n) is 17.0. The number of nitrogens with zero attached hydrogens (tertiary/aromatic N) is 2. The van der Waals surface area contributed by atoms with E-state index >= 15 is 0 Å². The van der Waals surface area contributed by atoms with Gasteiger partial charge in [-0.1, -0.05) is 101 Å². The number of hydrogen-bond donors (Lipinski definition) is 0. The number of alkyl halides is 6. The van der Waals surface area contributed by atoms with E-state index in [4.69, 9.17) is 88.6 Å². The minimum atomic E-state index is -0.750. The fourth-order valence-electron chi connectivity index (χ4n) is 2.02. The summed E-state index contributed by atoms with van der Waals surface area (Å²) in [5.41, 5.74) is 0.936. The SMILES string of the molecule is COc1cc(Br)cc(OC)c1N=Nc1c(OC)cc(Br)cc1OC.ClC(Cl)Cl.ClC(Cl)Cl. The van der Waals surface area contributed by atoms with Crippen LogP contribution in [0.1, 0.15) is 0 Å². The van der Waals surface area contributed by atoms with Crippen molar-refractivity contribution in [2.75, 3.05) is 28.4 Å². The zero-order chi connectivity index (χ0) is 24.8. The van der Waals surface area contributed by atoms with Crippen LogP contribution in [0.2, 0.25) is 0 Å². The Morgan fingerprint density at radius 1 is 0.562 bits per heavy atom. The lowest BCUT2D eigenvalue weighted by atomic mass is 10.2. The Morgan fingerprint density at radius 2 is 0.750 bits per heavy atom. The Bertz CT molecular complexity index is 750. The van der Waals surface area contributed by atoms with Crippen molar-refractivity contribution in [3.63, 3.8) is 0 Å². The lowest BCUT2D eigenvalue weighted by molar-refractivity contribution is 0.393. The standard InChI is InChI=1S/C16H16Br2N2O4.2CHCl3/c1-21-11-5-9(17)6-12(22-2)15(11)19-20-16-13(23-3)7-10(18)8-14(16)24-4;2*2-1(3)4/h5-8H,1-4H3;2*1H. The third kappa shape index (κ3) is 12.4. The van der Waals surface area contributed by atoms with E-state index in [1.165, 1.54) is 0 Å². The van der Waals surface area contributed by atoms with Gasteiger partial charge in [0.15, 0.2) is 43.0 Å². The lowest BCUT2D eigenvalue weighted by Crippen LogP contribution is -1.90. The van der Waals surface area contributed by atoms with Gasteiger partial charge in [-0.15, -0.1) is 10.2 Å². The van der Waals surface area contributed by atoms with Crippen LogP contribution in [0.15, 0.2) is 43.4 Å². The number of methoxy groups -OCH3 is 4. The van der Waals surface area contributed by atoms with E-state index in [2.05, 4.69) is 42.1 Å². The Morgan fingerprint density at radius 3 is 0.906 bits per heavy atom. The van der Waals surface area contributed by atoms with Gasteiger partial charge in [0.25, 0.3) is 0 Å². The Hall–Kier alpha value is -0.0600. The van der Waals surface area contributed by atoms with Gasteiger partial charge in [-0.2, -0.15) is 0 Å². The number of rotatable bonds is 6. The molecule has 0 radical (unpaired) electrons. The second kappa shape index (κ2) is 17.4. The molecule has 0 aromatic heterocycles. The molecule has 0 saturated heterocycles. The summed E-state index contributed by atoms with van der Waals surface area (Å²) < 4.78 is 21.6. The maximum atomic E-state index is 5.36. The summed E-state index contributed by atoms with van der Waals surface area (Å²) in [6.07, 6.45) is 0. The molecule has 180 valence electrons. The number of benzene rings is 2. The van der Waals surface area contributed by atoms with E-state index in [0.717, 1.165) is 8.95 Å². The van der Waals surface area contributed by atoms with Gasteiger partial charge in [0.1, 0.15) is 0 Å². The van der Waals surface area contributed by atoms with Gasteiger partial charge in [-0.05, 0) is 24.3 Å². The Labute approximate surface area is 233 Å². The first kappa shape index (κ1) is 31.9. The minimum Gasteiger partial charge on any atom is -0.494 e. The Balaban J connectivity index is 0.00000104. The number of ether oxygens (including phenoxy) is 4. The molecule has 32 heavy (non-hydrogen) atoms. The van der Waals surface area contributed by atoms with Gasteiger partial charge in [-0.25, -0.2) is 0 Å². The van der Waals surface area contributed by atoms with E-state index in [-0.39, 0.29) is 0 Å². The molecule has 0 unspecified atom stereocenters. The van der Waals surface area contributed by atoms with E-state index in [9.17, 15) is 0 Å². The molecule has 0 aliphatic rings. The first-order valence-corrected chi connectivity index (χ1v) is 12.3.